The van der Waals surface area contributed by atoms with Crippen LogP contribution in [0.4, 0.5) is 0 Å². The minimum absolute atomic E-state index is 0.267. The lowest BCUT2D eigenvalue weighted by atomic mass is 9.90. The Kier molecular flexibility index (Phi) is 3.85. The fourth-order valence-electron chi connectivity index (χ4n) is 3.05. The van der Waals surface area contributed by atoms with Gasteiger partial charge >= 0.3 is 0 Å². The van der Waals surface area contributed by atoms with Crippen LogP contribution in [0.25, 0.3) is 0 Å². The van der Waals surface area contributed by atoms with Gasteiger partial charge in [0, 0.05) is 25.1 Å². The second kappa shape index (κ2) is 5.62. The van der Waals surface area contributed by atoms with Gasteiger partial charge in [-0.05, 0) is 31.0 Å². The minimum Gasteiger partial charge on any atom is -0.490 e. The summed E-state index contributed by atoms with van der Waals surface area (Å²) in [6.45, 7) is 7.61. The molecule has 0 spiro atoms. The predicted octanol–water partition coefficient (Wildman–Crippen LogP) is 2.02. The highest BCUT2D eigenvalue weighted by atomic mass is 16.5. The summed E-state index contributed by atoms with van der Waals surface area (Å²) in [7, 11) is 0. The van der Waals surface area contributed by atoms with E-state index < -0.39 is 0 Å². The Morgan fingerprint density at radius 3 is 2.95 bits per heavy atom. The molecule has 1 atom stereocenters. The summed E-state index contributed by atoms with van der Waals surface area (Å²) in [5, 5.41) is 0. The molecular formula is C16H24N2O2. The van der Waals surface area contributed by atoms with Crippen molar-refractivity contribution in [3.8, 4) is 11.5 Å². The van der Waals surface area contributed by atoms with Crippen molar-refractivity contribution in [1.29, 1.82) is 0 Å². The van der Waals surface area contributed by atoms with Crippen LogP contribution in [-0.2, 0) is 6.54 Å². The molecule has 1 fully saturated rings. The fraction of sp³-hybridized carbons (Fsp3) is 0.625. The van der Waals surface area contributed by atoms with Crippen molar-refractivity contribution in [3.05, 3.63) is 23.8 Å². The molecule has 0 saturated carbocycles. The number of benzene rings is 1. The number of hydrogen-bond acceptors (Lipinski definition) is 4. The lowest BCUT2D eigenvalue weighted by molar-refractivity contribution is 0.265. The van der Waals surface area contributed by atoms with Crippen LogP contribution in [0.3, 0.4) is 0 Å². The summed E-state index contributed by atoms with van der Waals surface area (Å²) < 4.78 is 11.6. The van der Waals surface area contributed by atoms with E-state index in [4.69, 9.17) is 15.2 Å². The molecule has 4 nitrogen and oxygen atoms in total. The molecule has 110 valence electrons. The lowest BCUT2D eigenvalue weighted by Crippen LogP contribution is -2.31. The third-order valence-electron chi connectivity index (χ3n) is 4.38. The van der Waals surface area contributed by atoms with Gasteiger partial charge in [0.25, 0.3) is 0 Å². The normalized spacial score (nSPS) is 26.5. The highest BCUT2D eigenvalue weighted by Gasteiger charge is 2.32. The molecule has 0 aliphatic carbocycles. The summed E-state index contributed by atoms with van der Waals surface area (Å²) in [4.78, 5) is 2.47. The molecule has 0 amide bonds. The summed E-state index contributed by atoms with van der Waals surface area (Å²) in [6, 6.07) is 6.20. The molecule has 3 rings (SSSR count). The van der Waals surface area contributed by atoms with Crippen molar-refractivity contribution in [3.63, 3.8) is 0 Å². The summed E-state index contributed by atoms with van der Waals surface area (Å²) in [5.41, 5.74) is 7.38. The number of nitrogens with two attached hydrogens (primary N) is 1. The zero-order valence-electron chi connectivity index (χ0n) is 12.2. The van der Waals surface area contributed by atoms with Crippen molar-refractivity contribution in [2.75, 3.05) is 32.8 Å². The topological polar surface area (TPSA) is 47.7 Å². The average Bonchev–Trinajstić information content (AvgIpc) is 2.68. The van der Waals surface area contributed by atoms with Crippen LogP contribution >= 0.6 is 0 Å². The zero-order chi connectivity index (χ0) is 14.0. The molecule has 1 unspecified atom stereocenters. The second-order valence-electron chi connectivity index (χ2n) is 6.27. The maximum atomic E-state index is 5.89. The highest BCUT2D eigenvalue weighted by molar-refractivity contribution is 5.47. The zero-order valence-corrected chi connectivity index (χ0v) is 12.2. The first-order valence-electron chi connectivity index (χ1n) is 7.50. The minimum atomic E-state index is 0.267. The van der Waals surface area contributed by atoms with E-state index >= 15 is 0 Å². The Labute approximate surface area is 120 Å². The van der Waals surface area contributed by atoms with E-state index in [1.165, 1.54) is 12.0 Å². The first kappa shape index (κ1) is 13.7. The number of fused-ring (bicyclic) bond motifs is 1. The van der Waals surface area contributed by atoms with Crippen molar-refractivity contribution >= 4 is 0 Å². The van der Waals surface area contributed by atoms with E-state index in [9.17, 15) is 0 Å². The quantitative estimate of drug-likeness (QED) is 0.917. The van der Waals surface area contributed by atoms with E-state index in [1.54, 1.807) is 0 Å². The number of likely N-dealkylation sites (tertiary alicyclic amines) is 1. The van der Waals surface area contributed by atoms with Gasteiger partial charge in [-0.3, -0.25) is 4.90 Å². The molecule has 0 bridgehead atoms. The van der Waals surface area contributed by atoms with Crippen LogP contribution in [0, 0.1) is 5.41 Å². The van der Waals surface area contributed by atoms with Gasteiger partial charge in [-0.1, -0.05) is 19.1 Å². The molecule has 2 N–H and O–H groups in total. The Balaban J connectivity index is 1.75. The van der Waals surface area contributed by atoms with Crippen molar-refractivity contribution in [2.45, 2.75) is 26.3 Å². The molecule has 1 aromatic carbocycles. The Morgan fingerprint density at radius 1 is 1.30 bits per heavy atom. The van der Waals surface area contributed by atoms with Gasteiger partial charge in [0.2, 0.25) is 0 Å². The van der Waals surface area contributed by atoms with E-state index in [-0.39, 0.29) is 5.41 Å². The third-order valence-corrected chi connectivity index (χ3v) is 4.38. The van der Waals surface area contributed by atoms with Gasteiger partial charge in [0.1, 0.15) is 0 Å². The molecule has 4 heteroatoms. The first-order chi connectivity index (χ1) is 9.70. The van der Waals surface area contributed by atoms with Crippen LogP contribution in [0.2, 0.25) is 0 Å². The van der Waals surface area contributed by atoms with E-state index in [1.807, 2.05) is 6.07 Å². The Morgan fingerprint density at radius 2 is 2.15 bits per heavy atom. The van der Waals surface area contributed by atoms with Crippen LogP contribution < -0.4 is 15.2 Å². The van der Waals surface area contributed by atoms with Gasteiger partial charge < -0.3 is 15.2 Å². The summed E-state index contributed by atoms with van der Waals surface area (Å²) in [6.07, 6.45) is 2.12. The molecule has 2 heterocycles. The molecular weight excluding hydrogens is 252 g/mol. The molecule has 0 aromatic heterocycles. The maximum absolute atomic E-state index is 5.89. The van der Waals surface area contributed by atoms with E-state index in [0.29, 0.717) is 0 Å². The van der Waals surface area contributed by atoms with Gasteiger partial charge in [-0.25, -0.2) is 0 Å². The molecule has 2 aliphatic rings. The van der Waals surface area contributed by atoms with E-state index in [0.717, 1.165) is 57.3 Å². The molecule has 2 aliphatic heterocycles. The standard InChI is InChI=1S/C16H24N2O2/c1-16(11-17)6-7-18(12-16)10-13-4-2-5-14-15(13)20-9-3-8-19-14/h2,4-5H,3,6-12,17H2,1H3. The maximum Gasteiger partial charge on any atom is 0.165 e. The lowest BCUT2D eigenvalue weighted by Gasteiger charge is -2.23. The summed E-state index contributed by atoms with van der Waals surface area (Å²) in [5.74, 6) is 1.83. The number of para-hydroxylation sites is 1. The Bertz CT molecular complexity index is 478. The molecule has 1 aromatic rings. The van der Waals surface area contributed by atoms with Gasteiger partial charge in [0.15, 0.2) is 11.5 Å². The van der Waals surface area contributed by atoms with Gasteiger partial charge in [-0.15, -0.1) is 0 Å². The van der Waals surface area contributed by atoms with Crippen LogP contribution in [0.5, 0.6) is 11.5 Å². The molecule has 20 heavy (non-hydrogen) atoms. The summed E-state index contributed by atoms with van der Waals surface area (Å²) >= 11 is 0. The van der Waals surface area contributed by atoms with Crippen LogP contribution in [0.1, 0.15) is 25.3 Å². The van der Waals surface area contributed by atoms with Gasteiger partial charge in [-0.2, -0.15) is 0 Å². The van der Waals surface area contributed by atoms with Crippen LogP contribution in [0.15, 0.2) is 18.2 Å². The number of nitrogens with zero attached hydrogens (tertiary/aromatic N) is 1. The molecule has 0 radical (unpaired) electrons. The first-order valence-corrected chi connectivity index (χ1v) is 7.50. The van der Waals surface area contributed by atoms with Crippen LogP contribution in [-0.4, -0.2) is 37.7 Å². The molecule has 1 saturated heterocycles. The third kappa shape index (κ3) is 2.76. The number of ether oxygens (including phenoxy) is 2. The number of hydrogen-bond donors (Lipinski definition) is 1. The second-order valence-corrected chi connectivity index (χ2v) is 6.27. The van der Waals surface area contributed by atoms with Crippen molar-refractivity contribution < 1.29 is 9.47 Å². The SMILES string of the molecule is CC1(CN)CCN(Cc2cccc3c2OCCCO3)C1. The highest BCUT2D eigenvalue weighted by Crippen LogP contribution is 2.36. The largest absolute Gasteiger partial charge is 0.490 e. The van der Waals surface area contributed by atoms with Crippen molar-refractivity contribution in [1.82, 2.24) is 4.90 Å². The predicted molar refractivity (Wildman–Crippen MR) is 79.1 cm³/mol. The monoisotopic (exact) mass is 276 g/mol. The van der Waals surface area contributed by atoms with E-state index in [2.05, 4.69) is 24.0 Å². The number of rotatable bonds is 3. The van der Waals surface area contributed by atoms with Gasteiger partial charge in [0.05, 0.1) is 13.2 Å². The fourth-order valence-corrected chi connectivity index (χ4v) is 3.05. The van der Waals surface area contributed by atoms with Crippen molar-refractivity contribution in [2.24, 2.45) is 11.1 Å². The Hall–Kier alpha value is -1.26. The average molecular weight is 276 g/mol. The smallest absolute Gasteiger partial charge is 0.165 e.